The van der Waals surface area contributed by atoms with E-state index < -0.39 is 18.5 Å². The van der Waals surface area contributed by atoms with E-state index in [2.05, 4.69) is 0 Å². The molecule has 0 amide bonds. The average molecular weight is 244 g/mol. The van der Waals surface area contributed by atoms with Gasteiger partial charge in [-0.25, -0.2) is 4.79 Å². The van der Waals surface area contributed by atoms with Crippen molar-refractivity contribution < 1.29 is 45.0 Å². The average Bonchev–Trinajstić information content (AvgIpc) is 1.54. The molecule has 0 rings (SSSR count). The second kappa shape index (κ2) is 22.6. The third-order valence-corrected chi connectivity index (χ3v) is 0. The topological polar surface area (TPSA) is 181 Å². The van der Waals surface area contributed by atoms with Crippen LogP contribution in [0.25, 0.3) is 0 Å². The molecule has 80 valence electrons. The molecule has 0 heterocycles. The van der Waals surface area contributed by atoms with Crippen molar-refractivity contribution in [1.29, 1.82) is 0 Å². The van der Waals surface area contributed by atoms with Crippen LogP contribution < -0.4 is 15.3 Å². The summed E-state index contributed by atoms with van der Waals surface area (Å²) in [5.74, 6) is 0. The minimum Gasteiger partial charge on any atom is -0.652 e. The molecule has 9 nitrogen and oxygen atoms in total. The number of hydrogen-bond donors (Lipinski definition) is 3. The standard InChI is InChI=1S/3CH2O3.Al.H3P/c3*2-1(3)4;;/h3*(H2,2,3,4);;1H3/q;;;+3;/p-3. The molecule has 3 N–H and O–H groups in total. The first-order valence-electron chi connectivity index (χ1n) is 1.90. The monoisotopic (exact) mass is 244 g/mol. The van der Waals surface area contributed by atoms with Crippen molar-refractivity contribution >= 4 is 45.7 Å². The second-order valence-electron chi connectivity index (χ2n) is 0.798. The van der Waals surface area contributed by atoms with E-state index in [4.69, 9.17) is 45.0 Å². The Morgan fingerprint density at radius 2 is 0.857 bits per heavy atom. The van der Waals surface area contributed by atoms with Crippen LogP contribution in [-0.4, -0.2) is 51.1 Å². The fourth-order valence-electron chi connectivity index (χ4n) is 0. The van der Waals surface area contributed by atoms with Crippen LogP contribution in [0.1, 0.15) is 0 Å². The molecule has 1 unspecified atom stereocenters. The second-order valence-corrected chi connectivity index (χ2v) is 0.798. The normalized spacial score (nSPS) is 5.14. The van der Waals surface area contributed by atoms with Crippen LogP contribution >= 0.6 is 9.90 Å². The molecular formula is C3H6AlO9P. The zero-order chi connectivity index (χ0) is 10.7. The maximum Gasteiger partial charge on any atom is 3.00 e. The van der Waals surface area contributed by atoms with E-state index in [-0.39, 0.29) is 27.3 Å². The minimum absolute atomic E-state index is 0. The fraction of sp³-hybridized carbons (Fsp3) is 0. The summed E-state index contributed by atoms with van der Waals surface area (Å²) < 4.78 is 0. The number of rotatable bonds is 0. The summed E-state index contributed by atoms with van der Waals surface area (Å²) in [7, 11) is 0. The van der Waals surface area contributed by atoms with Crippen LogP contribution in [0, 0.1) is 0 Å². The molecule has 0 saturated carbocycles. The van der Waals surface area contributed by atoms with E-state index in [1.165, 1.54) is 0 Å². The van der Waals surface area contributed by atoms with E-state index in [0.717, 1.165) is 0 Å². The maximum atomic E-state index is 8.56. The molecule has 11 heteroatoms. The molecule has 0 radical (unpaired) electrons. The van der Waals surface area contributed by atoms with Crippen molar-refractivity contribution in [3.8, 4) is 0 Å². The van der Waals surface area contributed by atoms with Crippen molar-refractivity contribution in [3.63, 3.8) is 0 Å². The van der Waals surface area contributed by atoms with Gasteiger partial charge in [-0.2, -0.15) is 9.90 Å². The predicted octanol–water partition coefficient (Wildman–Crippen LogP) is -3.66. The predicted molar refractivity (Wildman–Crippen MR) is 40.9 cm³/mol. The Morgan fingerprint density at radius 3 is 0.857 bits per heavy atom. The van der Waals surface area contributed by atoms with Crippen LogP contribution in [0.5, 0.6) is 0 Å². The van der Waals surface area contributed by atoms with Gasteiger partial charge in [0.05, 0.1) is 0 Å². The van der Waals surface area contributed by atoms with Crippen LogP contribution in [0.3, 0.4) is 0 Å². The zero-order valence-electron chi connectivity index (χ0n) is 6.58. The largest absolute Gasteiger partial charge is 3.00 e. The van der Waals surface area contributed by atoms with Gasteiger partial charge in [0.2, 0.25) is 6.16 Å². The van der Waals surface area contributed by atoms with Gasteiger partial charge in [0.15, 0.2) is 0 Å². The summed E-state index contributed by atoms with van der Waals surface area (Å²) in [5.41, 5.74) is 0. The van der Waals surface area contributed by atoms with Crippen LogP contribution in [0.4, 0.5) is 14.4 Å². The van der Waals surface area contributed by atoms with Gasteiger partial charge in [0.25, 0.3) is 0 Å². The molecule has 0 spiro atoms. The van der Waals surface area contributed by atoms with Gasteiger partial charge in [-0.15, -0.1) is 0 Å². The van der Waals surface area contributed by atoms with Crippen molar-refractivity contribution in [2.75, 3.05) is 0 Å². The Balaban J connectivity index is -0.0000000270. The van der Waals surface area contributed by atoms with Gasteiger partial charge < -0.3 is 40.2 Å². The molecular weight excluding hydrogens is 238 g/mol. The molecule has 0 bridgehead atoms. The van der Waals surface area contributed by atoms with Gasteiger partial charge in [0.1, 0.15) is 0 Å². The first-order valence-corrected chi connectivity index (χ1v) is 1.90. The van der Waals surface area contributed by atoms with Crippen molar-refractivity contribution in [2.24, 2.45) is 0 Å². The molecule has 0 saturated heterocycles. The number of carboxylic acid groups (broad SMARTS) is 6. The molecule has 0 aliphatic rings. The van der Waals surface area contributed by atoms with Gasteiger partial charge in [-0.1, -0.05) is 0 Å². The molecule has 0 aliphatic carbocycles. The van der Waals surface area contributed by atoms with Crippen molar-refractivity contribution in [1.82, 2.24) is 0 Å². The summed E-state index contributed by atoms with van der Waals surface area (Å²) in [5, 5.41) is 45.9. The van der Waals surface area contributed by atoms with Crippen LogP contribution in [0.2, 0.25) is 0 Å². The zero-order valence-corrected chi connectivity index (χ0v) is 9.14. The van der Waals surface area contributed by atoms with E-state index in [1.54, 1.807) is 0 Å². The number of carbonyl (C=O) groups excluding carboxylic acids is 1. The van der Waals surface area contributed by atoms with Crippen LogP contribution in [-0.2, 0) is 0 Å². The molecule has 1 atom stereocenters. The summed E-state index contributed by atoms with van der Waals surface area (Å²) >= 11 is 0. The van der Waals surface area contributed by atoms with E-state index in [9.17, 15) is 0 Å². The van der Waals surface area contributed by atoms with Gasteiger partial charge in [-0.3, -0.25) is 0 Å². The molecule has 0 aromatic rings. The molecule has 0 aromatic heterocycles. The number of carbonyl (C=O) groups is 3. The smallest absolute Gasteiger partial charge is 0.652 e. The van der Waals surface area contributed by atoms with E-state index in [0.29, 0.717) is 0 Å². The SMILES string of the molecule is O=C(O)O.O=C([O-])O.O=C([O-])[O-].P.[Al+3]. The van der Waals surface area contributed by atoms with Gasteiger partial charge in [0, 0.05) is 0 Å². The third-order valence-electron chi connectivity index (χ3n) is 0. The molecule has 0 aliphatic heterocycles. The van der Waals surface area contributed by atoms with Crippen molar-refractivity contribution in [2.45, 2.75) is 0 Å². The molecule has 14 heavy (non-hydrogen) atoms. The Kier molecular flexibility index (Phi) is 47.3. The summed E-state index contributed by atoms with van der Waals surface area (Å²) in [6.07, 6.45) is -6.25. The summed E-state index contributed by atoms with van der Waals surface area (Å²) in [6, 6.07) is 0. The first-order chi connectivity index (χ1) is 5.20. The Labute approximate surface area is 91.4 Å². The molecule has 0 fully saturated rings. The Morgan fingerprint density at radius 1 is 0.857 bits per heavy atom. The summed E-state index contributed by atoms with van der Waals surface area (Å²) in [6.45, 7) is 0. The van der Waals surface area contributed by atoms with Gasteiger partial charge in [-0.05, 0) is 6.16 Å². The third kappa shape index (κ3) is 683. The minimum atomic E-state index is -2.33. The van der Waals surface area contributed by atoms with Crippen LogP contribution in [0.15, 0.2) is 0 Å². The molecule has 0 aromatic carbocycles. The first kappa shape index (κ1) is 29.3. The van der Waals surface area contributed by atoms with E-state index >= 15 is 0 Å². The number of hydrogen-bond acceptors (Lipinski definition) is 6. The van der Waals surface area contributed by atoms with E-state index in [1.807, 2.05) is 0 Å². The van der Waals surface area contributed by atoms with Crippen molar-refractivity contribution in [3.05, 3.63) is 0 Å². The van der Waals surface area contributed by atoms with Gasteiger partial charge >= 0.3 is 23.5 Å². The fourth-order valence-corrected chi connectivity index (χ4v) is 0. The summed E-state index contributed by atoms with van der Waals surface area (Å²) in [4.78, 5) is 25.3. The maximum absolute atomic E-state index is 8.56. The Hall–Kier alpha value is -1.23. The Bertz CT molecular complexity index is 118. The quantitative estimate of drug-likeness (QED) is 0.285.